The third kappa shape index (κ3) is 26.0. The fourth-order valence-corrected chi connectivity index (χ4v) is 8.67. The van der Waals surface area contributed by atoms with Crippen LogP contribution in [0.5, 0.6) is 0 Å². The molecule has 6 heteroatoms. The number of unbranched alkanes of at least 4 members (excludes halogenated alkanes) is 24. The minimum absolute atomic E-state index is 0. The van der Waals surface area contributed by atoms with Crippen molar-refractivity contribution in [3.8, 4) is 0 Å². The molecule has 1 aromatic rings. The zero-order valence-electron chi connectivity index (χ0n) is 27.8. The number of hydrogen-bond donors (Lipinski definition) is 0. The van der Waals surface area contributed by atoms with Gasteiger partial charge in [-0.05, 0) is 42.9 Å². The summed E-state index contributed by atoms with van der Waals surface area (Å²) in [6, 6.07) is 6.21. The van der Waals surface area contributed by atoms with E-state index in [0.717, 1.165) is 35.5 Å². The van der Waals surface area contributed by atoms with Gasteiger partial charge in [0.25, 0.3) is 0 Å². The predicted molar refractivity (Wildman–Crippen MR) is 185 cm³/mol. The summed E-state index contributed by atoms with van der Waals surface area (Å²) in [6.07, 6.45) is 37.3. The second-order valence-corrected chi connectivity index (χ2v) is 18.1. The second kappa shape index (κ2) is 30.4. The molecule has 0 saturated heterocycles. The van der Waals surface area contributed by atoms with Crippen molar-refractivity contribution >= 4 is 28.9 Å². The standard InChI is InChI=1S/C36H67O2PS2.Zn/c1-3-5-7-9-11-13-15-17-19-21-23-25-27-30-34-31-29-33-36(41-39(37,38)40)35(34)32-28-26-24-22-20-18-16-14-12-10-8-6-4-2;/h29,31,33H,3-28,30,32H2,1-2H3,(H2,37,38,40);/q;+2/p-2. The van der Waals surface area contributed by atoms with E-state index in [0.29, 0.717) is 0 Å². The van der Waals surface area contributed by atoms with Gasteiger partial charge >= 0.3 is 19.5 Å². The van der Waals surface area contributed by atoms with Crippen LogP contribution in [0.25, 0.3) is 0 Å². The molecule has 42 heavy (non-hydrogen) atoms. The van der Waals surface area contributed by atoms with Crippen LogP contribution >= 0.6 is 17.1 Å². The maximum absolute atomic E-state index is 11.9. The van der Waals surface area contributed by atoms with E-state index in [-0.39, 0.29) is 19.5 Å². The monoisotopic (exact) mass is 688 g/mol. The van der Waals surface area contributed by atoms with Gasteiger partial charge in [0.15, 0.2) is 0 Å². The van der Waals surface area contributed by atoms with Gasteiger partial charge in [0.2, 0.25) is 0 Å². The maximum Gasteiger partial charge on any atom is 2.00 e. The Kier molecular flexibility index (Phi) is 31.0. The quantitative estimate of drug-likeness (QED) is 0.0458. The molecule has 0 aliphatic carbocycles. The van der Waals surface area contributed by atoms with Crippen LogP contribution in [-0.4, -0.2) is 0 Å². The summed E-state index contributed by atoms with van der Waals surface area (Å²) in [7, 11) is 0. The van der Waals surface area contributed by atoms with Crippen LogP contribution in [0, 0.1) is 0 Å². The molecule has 1 rings (SSSR count). The fraction of sp³-hybridized carbons (Fsp3) is 0.833. The Morgan fingerprint density at radius 3 is 1.21 bits per heavy atom. The summed E-state index contributed by atoms with van der Waals surface area (Å²) in [5, 5.41) is 0. The van der Waals surface area contributed by atoms with Crippen molar-refractivity contribution in [1.29, 1.82) is 0 Å². The summed E-state index contributed by atoms with van der Waals surface area (Å²) in [5.74, 6) is 0. The van der Waals surface area contributed by atoms with Crippen molar-refractivity contribution < 1.29 is 29.3 Å². The molecule has 0 atom stereocenters. The summed E-state index contributed by atoms with van der Waals surface area (Å²) >= 11 is 5.67. The van der Waals surface area contributed by atoms with E-state index in [1.165, 1.54) is 172 Å². The van der Waals surface area contributed by atoms with Gasteiger partial charge in [-0.2, -0.15) is 5.69 Å². The van der Waals surface area contributed by atoms with E-state index in [2.05, 4.69) is 19.9 Å². The van der Waals surface area contributed by atoms with Crippen LogP contribution < -0.4 is 9.79 Å². The molecule has 0 spiro atoms. The molecule has 240 valence electrons. The normalized spacial score (nSPS) is 11.6. The van der Waals surface area contributed by atoms with Crippen molar-refractivity contribution in [3.63, 3.8) is 0 Å². The molecule has 1 aromatic carbocycles. The van der Waals surface area contributed by atoms with Gasteiger partial charge in [-0.15, -0.1) is 23.2 Å². The Labute approximate surface area is 284 Å². The van der Waals surface area contributed by atoms with Crippen molar-refractivity contribution in [2.45, 2.75) is 199 Å². The summed E-state index contributed by atoms with van der Waals surface area (Å²) in [6.45, 7) is 4.56. The zero-order chi connectivity index (χ0) is 29.9. The van der Waals surface area contributed by atoms with E-state index >= 15 is 0 Å². The molecule has 2 nitrogen and oxygen atoms in total. The first-order valence-electron chi connectivity index (χ1n) is 17.8. The van der Waals surface area contributed by atoms with Crippen LogP contribution in [0.1, 0.15) is 192 Å². The Morgan fingerprint density at radius 2 is 0.857 bits per heavy atom. The van der Waals surface area contributed by atoms with Gasteiger partial charge in [-0.1, -0.05) is 180 Å². The molecule has 0 aliphatic heterocycles. The SMILES string of the molecule is CCCCCCCCCCCCCCCc1cccc(SP([O-])([O-])=S)c1CCCCCCCCCCCCCCC.[Zn+2]. The molecule has 0 aromatic heterocycles. The molecule has 0 fully saturated rings. The van der Waals surface area contributed by atoms with E-state index in [1.54, 1.807) is 0 Å². The van der Waals surface area contributed by atoms with Crippen molar-refractivity contribution in [3.05, 3.63) is 29.3 Å². The van der Waals surface area contributed by atoms with Gasteiger partial charge in [0.1, 0.15) is 0 Å². The first-order chi connectivity index (χ1) is 20.0. The molecule has 0 heterocycles. The number of hydrogen-bond acceptors (Lipinski definition) is 4. The minimum atomic E-state index is -3.82. The molecule has 0 radical (unpaired) electrons. The average molecular weight is 690 g/mol. The summed E-state index contributed by atoms with van der Waals surface area (Å²) < 4.78 is 0. The van der Waals surface area contributed by atoms with Gasteiger partial charge in [0, 0.05) is 4.90 Å². The molecule has 0 bridgehead atoms. The van der Waals surface area contributed by atoms with E-state index in [4.69, 9.17) is 11.8 Å². The topological polar surface area (TPSA) is 46.1 Å². The third-order valence-electron chi connectivity index (χ3n) is 8.52. The zero-order valence-corrected chi connectivity index (χ0v) is 33.3. The molecular formula is C36H65O2PS2Zn. The van der Waals surface area contributed by atoms with Crippen molar-refractivity contribution in [1.82, 2.24) is 0 Å². The van der Waals surface area contributed by atoms with Crippen molar-refractivity contribution in [2.75, 3.05) is 0 Å². The van der Waals surface area contributed by atoms with Crippen LogP contribution in [0.15, 0.2) is 23.1 Å². The van der Waals surface area contributed by atoms with Crippen LogP contribution in [0.4, 0.5) is 0 Å². The smallest absolute Gasteiger partial charge is 0.824 e. The van der Waals surface area contributed by atoms with Gasteiger partial charge < -0.3 is 9.79 Å². The molecule has 0 saturated carbocycles. The van der Waals surface area contributed by atoms with E-state index in [9.17, 15) is 9.79 Å². The fourth-order valence-electron chi connectivity index (χ4n) is 5.99. The van der Waals surface area contributed by atoms with Crippen LogP contribution in [-0.2, 0) is 44.1 Å². The predicted octanol–water partition coefficient (Wildman–Crippen LogP) is 12.0. The van der Waals surface area contributed by atoms with Gasteiger partial charge in [0.05, 0.1) is 0 Å². The Balaban J connectivity index is 0.0000168. The number of aryl methyl sites for hydroxylation is 1. The Morgan fingerprint density at radius 1 is 0.524 bits per heavy atom. The molecule has 0 amide bonds. The number of rotatable bonds is 30. The minimum Gasteiger partial charge on any atom is -0.824 e. The number of benzene rings is 1. The maximum atomic E-state index is 11.9. The van der Waals surface area contributed by atoms with E-state index < -0.39 is 5.69 Å². The largest absolute Gasteiger partial charge is 2.00 e. The van der Waals surface area contributed by atoms with Gasteiger partial charge in [-0.25, -0.2) is 0 Å². The summed E-state index contributed by atoms with van der Waals surface area (Å²) in [5.41, 5.74) is -1.22. The van der Waals surface area contributed by atoms with Gasteiger partial charge in [-0.3, -0.25) is 0 Å². The van der Waals surface area contributed by atoms with Crippen LogP contribution in [0.3, 0.4) is 0 Å². The Bertz CT molecular complexity index is 771. The Hall–Kier alpha value is 0.763. The average Bonchev–Trinajstić information content (AvgIpc) is 2.94. The molecule has 0 N–H and O–H groups in total. The summed E-state index contributed by atoms with van der Waals surface area (Å²) in [4.78, 5) is 24.8. The van der Waals surface area contributed by atoms with Crippen molar-refractivity contribution in [2.24, 2.45) is 0 Å². The molecule has 0 unspecified atom stereocenters. The second-order valence-electron chi connectivity index (χ2n) is 12.4. The van der Waals surface area contributed by atoms with E-state index in [1.807, 2.05) is 12.1 Å². The molecule has 0 aliphatic rings. The third-order valence-corrected chi connectivity index (χ3v) is 11.3. The van der Waals surface area contributed by atoms with Crippen LogP contribution in [0.2, 0.25) is 0 Å². The first-order valence-corrected chi connectivity index (χ1v) is 21.9. The molecular weight excluding hydrogens is 625 g/mol. The first kappa shape index (κ1) is 42.8.